The molecule has 4 rings (SSSR count). The number of nitrogens with one attached hydrogen (secondary N) is 1. The molecule has 0 saturated carbocycles. The highest BCUT2D eigenvalue weighted by atomic mass is 35.5. The number of carbonyl (C=O) groups is 1. The van der Waals surface area contributed by atoms with Gasteiger partial charge in [0.05, 0.1) is 19.4 Å². The molecule has 1 N–H and O–H groups in total. The van der Waals surface area contributed by atoms with Gasteiger partial charge in [-0.25, -0.2) is 4.98 Å². The number of amides is 1. The molecule has 0 atom stereocenters. The summed E-state index contributed by atoms with van der Waals surface area (Å²) in [5.74, 6) is 0.791. The Hall–Kier alpha value is -2.19. The van der Waals surface area contributed by atoms with Crippen LogP contribution in [-0.4, -0.2) is 53.4 Å². The molecule has 2 aromatic heterocycles. The van der Waals surface area contributed by atoms with Gasteiger partial charge in [0, 0.05) is 42.3 Å². The second-order valence-corrected chi connectivity index (χ2v) is 8.52. The van der Waals surface area contributed by atoms with Gasteiger partial charge in [0.2, 0.25) is 5.91 Å². The summed E-state index contributed by atoms with van der Waals surface area (Å²) in [7, 11) is 0. The van der Waals surface area contributed by atoms with Crippen molar-refractivity contribution >= 4 is 34.5 Å². The van der Waals surface area contributed by atoms with Gasteiger partial charge in [-0.05, 0) is 36.8 Å². The predicted molar refractivity (Wildman–Crippen MR) is 116 cm³/mol. The molecule has 1 aliphatic heterocycles. The van der Waals surface area contributed by atoms with E-state index in [1.54, 1.807) is 23.7 Å². The molecule has 6 nitrogen and oxygen atoms in total. The summed E-state index contributed by atoms with van der Waals surface area (Å²) in [6, 6.07) is 9.37. The number of anilines is 1. The number of hydrogen-bond acceptors (Lipinski definition) is 6. The zero-order valence-electron chi connectivity index (χ0n) is 16.2. The highest BCUT2D eigenvalue weighted by molar-refractivity contribution is 7.09. The number of furan rings is 1. The molecule has 3 aromatic rings. The van der Waals surface area contributed by atoms with Crippen molar-refractivity contribution in [2.75, 3.05) is 38.0 Å². The van der Waals surface area contributed by atoms with E-state index in [4.69, 9.17) is 16.0 Å². The number of carbonyl (C=O) groups excluding carboxylic acids is 1. The van der Waals surface area contributed by atoms with Crippen LogP contribution in [0.2, 0.25) is 5.02 Å². The Bertz CT molecular complexity index is 965. The number of benzene rings is 1. The fraction of sp³-hybridized carbons (Fsp3) is 0.333. The molecule has 0 spiro atoms. The molecular weight excluding hydrogens is 408 g/mol. The molecule has 3 heterocycles. The Morgan fingerprint density at radius 2 is 2.03 bits per heavy atom. The first-order valence-electron chi connectivity index (χ1n) is 9.56. The van der Waals surface area contributed by atoms with Crippen LogP contribution < -0.4 is 5.32 Å². The van der Waals surface area contributed by atoms with Gasteiger partial charge in [-0.3, -0.25) is 14.6 Å². The maximum absolute atomic E-state index is 12.3. The van der Waals surface area contributed by atoms with Crippen LogP contribution in [0.3, 0.4) is 0 Å². The van der Waals surface area contributed by atoms with Crippen LogP contribution in [0.15, 0.2) is 46.4 Å². The number of aryl methyl sites for hydroxylation is 1. The van der Waals surface area contributed by atoms with Crippen LogP contribution in [0.25, 0.3) is 11.5 Å². The number of thiazole rings is 1. The van der Waals surface area contributed by atoms with Crippen molar-refractivity contribution in [3.8, 4) is 11.5 Å². The second-order valence-electron chi connectivity index (χ2n) is 7.17. The van der Waals surface area contributed by atoms with Gasteiger partial charge in [0.15, 0.2) is 5.76 Å². The summed E-state index contributed by atoms with van der Waals surface area (Å²) in [4.78, 5) is 21.6. The van der Waals surface area contributed by atoms with Gasteiger partial charge in [0.25, 0.3) is 0 Å². The van der Waals surface area contributed by atoms with Gasteiger partial charge in [-0.15, -0.1) is 11.3 Å². The molecule has 1 aromatic carbocycles. The van der Waals surface area contributed by atoms with Gasteiger partial charge in [-0.2, -0.15) is 0 Å². The van der Waals surface area contributed by atoms with Crippen molar-refractivity contribution < 1.29 is 9.21 Å². The lowest BCUT2D eigenvalue weighted by Gasteiger charge is -2.33. The third-order valence-electron chi connectivity index (χ3n) is 4.97. The number of hydrogen-bond donors (Lipinski definition) is 1. The topological polar surface area (TPSA) is 61.6 Å². The maximum atomic E-state index is 12.3. The highest BCUT2D eigenvalue weighted by Gasteiger charge is 2.20. The van der Waals surface area contributed by atoms with Crippen LogP contribution in [0, 0.1) is 6.92 Å². The normalized spacial score (nSPS) is 15.5. The summed E-state index contributed by atoms with van der Waals surface area (Å²) in [5, 5.41) is 6.71. The number of aromatic nitrogens is 1. The molecule has 152 valence electrons. The lowest BCUT2D eigenvalue weighted by Crippen LogP contribution is -2.48. The first kappa shape index (κ1) is 20.1. The minimum Gasteiger partial charge on any atom is -0.463 e. The van der Waals surface area contributed by atoms with Crippen LogP contribution in [0.4, 0.5) is 5.69 Å². The number of halogens is 1. The molecule has 0 radical (unpaired) electrons. The molecule has 8 heteroatoms. The van der Waals surface area contributed by atoms with Gasteiger partial charge in [0.1, 0.15) is 10.7 Å². The van der Waals surface area contributed by atoms with Crippen molar-refractivity contribution in [3.05, 3.63) is 57.6 Å². The third-order valence-corrected chi connectivity index (χ3v) is 6.21. The number of nitrogens with zero attached hydrogens (tertiary/aromatic N) is 3. The Labute approximate surface area is 179 Å². The number of piperazine rings is 1. The summed E-state index contributed by atoms with van der Waals surface area (Å²) in [6.07, 6.45) is 1.66. The van der Waals surface area contributed by atoms with E-state index in [2.05, 4.69) is 20.1 Å². The van der Waals surface area contributed by atoms with Crippen LogP contribution >= 0.6 is 22.9 Å². The summed E-state index contributed by atoms with van der Waals surface area (Å²) < 4.78 is 5.41. The van der Waals surface area contributed by atoms with Gasteiger partial charge >= 0.3 is 0 Å². The quantitative estimate of drug-likeness (QED) is 0.637. The smallest absolute Gasteiger partial charge is 0.238 e. The molecule has 0 aliphatic carbocycles. The zero-order chi connectivity index (χ0) is 20.2. The van der Waals surface area contributed by atoms with Crippen molar-refractivity contribution in [2.24, 2.45) is 0 Å². The van der Waals surface area contributed by atoms with E-state index in [0.717, 1.165) is 60.4 Å². The van der Waals surface area contributed by atoms with E-state index in [9.17, 15) is 4.79 Å². The molecule has 1 fully saturated rings. The van der Waals surface area contributed by atoms with Gasteiger partial charge < -0.3 is 9.73 Å². The predicted octanol–water partition coefficient (Wildman–Crippen LogP) is 4.12. The van der Waals surface area contributed by atoms with Crippen molar-refractivity contribution in [2.45, 2.75) is 13.5 Å². The van der Waals surface area contributed by atoms with E-state index in [0.29, 0.717) is 11.6 Å². The lowest BCUT2D eigenvalue weighted by molar-refractivity contribution is -0.117. The van der Waals surface area contributed by atoms with E-state index in [1.807, 2.05) is 36.6 Å². The SMILES string of the molecule is Cc1ccc(NC(=O)CN2CCN(Cc3nc(-c4ccco4)cs3)CC2)cc1Cl. The summed E-state index contributed by atoms with van der Waals surface area (Å²) >= 11 is 7.78. The first-order valence-corrected chi connectivity index (χ1v) is 10.8. The van der Waals surface area contributed by atoms with E-state index in [1.165, 1.54) is 0 Å². The second kappa shape index (κ2) is 9.09. The Morgan fingerprint density at radius 1 is 1.24 bits per heavy atom. The lowest BCUT2D eigenvalue weighted by atomic mass is 10.2. The molecular formula is C21H23ClN4O2S. The van der Waals surface area contributed by atoms with Crippen molar-refractivity contribution in [1.82, 2.24) is 14.8 Å². The zero-order valence-corrected chi connectivity index (χ0v) is 17.8. The van der Waals surface area contributed by atoms with Gasteiger partial charge in [-0.1, -0.05) is 17.7 Å². The summed E-state index contributed by atoms with van der Waals surface area (Å²) in [6.45, 7) is 6.71. The minimum atomic E-state index is -0.0126. The molecule has 1 aliphatic rings. The van der Waals surface area contributed by atoms with Crippen LogP contribution in [-0.2, 0) is 11.3 Å². The maximum Gasteiger partial charge on any atom is 0.238 e. The molecule has 1 saturated heterocycles. The van der Waals surface area contributed by atoms with Crippen LogP contribution in [0.1, 0.15) is 10.6 Å². The fourth-order valence-corrected chi connectivity index (χ4v) is 4.30. The highest BCUT2D eigenvalue weighted by Crippen LogP contribution is 2.23. The molecule has 0 bridgehead atoms. The summed E-state index contributed by atoms with van der Waals surface area (Å²) in [5.41, 5.74) is 2.62. The van der Waals surface area contributed by atoms with Crippen molar-refractivity contribution in [1.29, 1.82) is 0 Å². The van der Waals surface area contributed by atoms with E-state index < -0.39 is 0 Å². The van der Waals surface area contributed by atoms with Crippen molar-refractivity contribution in [3.63, 3.8) is 0 Å². The average molecular weight is 431 g/mol. The fourth-order valence-electron chi connectivity index (χ4n) is 3.29. The minimum absolute atomic E-state index is 0.0126. The Kier molecular flexibility index (Phi) is 6.30. The Balaban J connectivity index is 1.23. The monoisotopic (exact) mass is 430 g/mol. The van der Waals surface area contributed by atoms with E-state index >= 15 is 0 Å². The largest absolute Gasteiger partial charge is 0.463 e. The molecule has 1 amide bonds. The number of rotatable bonds is 6. The van der Waals surface area contributed by atoms with Crippen LogP contribution in [0.5, 0.6) is 0 Å². The average Bonchev–Trinajstić information content (AvgIpc) is 3.38. The molecule has 29 heavy (non-hydrogen) atoms. The first-order chi connectivity index (χ1) is 14.1. The van der Waals surface area contributed by atoms with E-state index in [-0.39, 0.29) is 5.91 Å². The Morgan fingerprint density at radius 3 is 2.76 bits per heavy atom. The molecule has 0 unspecified atom stereocenters. The third kappa shape index (κ3) is 5.25. The standard InChI is InChI=1S/C21H23ClN4O2S/c1-15-4-5-16(11-17(15)22)23-20(27)12-25-6-8-26(9-7-25)13-21-24-18(14-29-21)19-3-2-10-28-19/h2-5,10-11,14H,6-9,12-13H2,1H3,(H,23,27).